The monoisotopic (exact) mass is 373 g/mol. The Balaban J connectivity index is 2.18. The second-order valence-corrected chi connectivity index (χ2v) is 7.10. The van der Waals surface area contributed by atoms with Gasteiger partial charge in [-0.05, 0) is 30.3 Å². The molecule has 5 nitrogen and oxygen atoms in total. The van der Waals surface area contributed by atoms with Crippen LogP contribution in [0.15, 0.2) is 47.4 Å². The summed E-state index contributed by atoms with van der Waals surface area (Å²) >= 11 is 0. The highest BCUT2D eigenvalue weighted by Crippen LogP contribution is 2.21. The molecular weight excluding hydrogens is 359 g/mol. The Morgan fingerprint density at radius 2 is 1.88 bits per heavy atom. The summed E-state index contributed by atoms with van der Waals surface area (Å²) in [6.45, 7) is -3.42. The van der Waals surface area contributed by atoms with Gasteiger partial charge in [-0.1, -0.05) is 12.1 Å². The summed E-state index contributed by atoms with van der Waals surface area (Å²) in [7, 11) is -3.54. The molecule has 0 heterocycles. The molecule has 0 saturated heterocycles. The summed E-state index contributed by atoms with van der Waals surface area (Å²) in [4.78, 5) is 12.0. The summed E-state index contributed by atoms with van der Waals surface area (Å²) < 4.78 is 65.8. The van der Waals surface area contributed by atoms with Crippen molar-refractivity contribution in [1.29, 1.82) is 0 Å². The number of alkyl halides is 2. The van der Waals surface area contributed by atoms with Gasteiger partial charge in [-0.2, -0.15) is 8.78 Å². The lowest BCUT2D eigenvalue weighted by Crippen LogP contribution is -2.24. The Morgan fingerprint density at radius 1 is 1.20 bits per heavy atom. The minimum absolute atomic E-state index is 0.0523. The third-order valence-corrected chi connectivity index (χ3v) is 4.34. The van der Waals surface area contributed by atoms with Gasteiger partial charge < -0.3 is 10.1 Å². The van der Waals surface area contributed by atoms with Crippen molar-refractivity contribution in [3.05, 3.63) is 59.4 Å². The van der Waals surface area contributed by atoms with Crippen LogP contribution in [0.25, 0.3) is 0 Å². The highest BCUT2D eigenvalue weighted by Gasteiger charge is 2.16. The van der Waals surface area contributed by atoms with Gasteiger partial charge in [-0.3, -0.25) is 4.79 Å². The Morgan fingerprint density at radius 3 is 2.52 bits per heavy atom. The van der Waals surface area contributed by atoms with Crippen LogP contribution in [0.4, 0.5) is 13.2 Å². The molecule has 2 aromatic rings. The molecule has 2 rings (SSSR count). The maximum Gasteiger partial charge on any atom is 0.387 e. The van der Waals surface area contributed by atoms with Crippen molar-refractivity contribution in [3.8, 4) is 5.75 Å². The second kappa shape index (κ2) is 7.56. The van der Waals surface area contributed by atoms with Crippen LogP contribution in [0, 0.1) is 5.82 Å². The van der Waals surface area contributed by atoms with Gasteiger partial charge in [-0.15, -0.1) is 0 Å². The number of sulfone groups is 1. The molecule has 0 unspecified atom stereocenters. The van der Waals surface area contributed by atoms with Crippen molar-refractivity contribution in [3.63, 3.8) is 0 Å². The van der Waals surface area contributed by atoms with Crippen LogP contribution >= 0.6 is 0 Å². The third kappa shape index (κ3) is 4.96. The Kier molecular flexibility index (Phi) is 5.68. The number of carbonyl (C=O) groups excluding carboxylic acids is 1. The fraction of sp³-hybridized carbons (Fsp3) is 0.188. The molecule has 1 amide bonds. The van der Waals surface area contributed by atoms with E-state index >= 15 is 0 Å². The van der Waals surface area contributed by atoms with Crippen molar-refractivity contribution in [2.75, 3.05) is 6.26 Å². The topological polar surface area (TPSA) is 72.5 Å². The zero-order chi connectivity index (χ0) is 18.6. The van der Waals surface area contributed by atoms with Crippen molar-refractivity contribution < 1.29 is 31.1 Å². The lowest BCUT2D eigenvalue weighted by molar-refractivity contribution is -0.0501. The average molecular weight is 373 g/mol. The zero-order valence-corrected chi connectivity index (χ0v) is 13.8. The molecule has 0 fully saturated rings. The number of hydrogen-bond donors (Lipinski definition) is 1. The molecule has 0 spiro atoms. The third-order valence-electron chi connectivity index (χ3n) is 3.23. The van der Waals surface area contributed by atoms with E-state index in [2.05, 4.69) is 10.1 Å². The predicted molar refractivity (Wildman–Crippen MR) is 83.8 cm³/mol. The van der Waals surface area contributed by atoms with E-state index in [0.29, 0.717) is 0 Å². The number of nitrogens with one attached hydrogen (secondary N) is 1. The first-order chi connectivity index (χ1) is 11.7. The number of hydrogen-bond acceptors (Lipinski definition) is 4. The first-order valence-corrected chi connectivity index (χ1v) is 8.88. The zero-order valence-electron chi connectivity index (χ0n) is 13.0. The maximum atomic E-state index is 13.8. The molecule has 9 heteroatoms. The van der Waals surface area contributed by atoms with Crippen LogP contribution < -0.4 is 10.1 Å². The normalized spacial score (nSPS) is 11.4. The lowest BCUT2D eigenvalue weighted by Gasteiger charge is -2.11. The fourth-order valence-electron chi connectivity index (χ4n) is 2.04. The lowest BCUT2D eigenvalue weighted by atomic mass is 10.1. The number of rotatable bonds is 6. The molecular formula is C16H14F3NO4S. The van der Waals surface area contributed by atoms with Crippen molar-refractivity contribution in [2.24, 2.45) is 0 Å². The van der Waals surface area contributed by atoms with E-state index in [1.807, 2.05) is 0 Å². The SMILES string of the molecule is CS(=O)(=O)c1ccc(F)c(CNC(=O)c2ccccc2OC(F)F)c1. The van der Waals surface area contributed by atoms with Gasteiger partial charge >= 0.3 is 6.61 Å². The van der Waals surface area contributed by atoms with Gasteiger partial charge in [0.25, 0.3) is 5.91 Å². The van der Waals surface area contributed by atoms with Gasteiger partial charge in [-0.25, -0.2) is 12.8 Å². The van der Waals surface area contributed by atoms with E-state index in [-0.39, 0.29) is 28.3 Å². The van der Waals surface area contributed by atoms with Crippen LogP contribution in [0.3, 0.4) is 0 Å². The summed E-state index contributed by atoms with van der Waals surface area (Å²) in [5.41, 5.74) is -0.203. The van der Waals surface area contributed by atoms with E-state index < -0.39 is 28.2 Å². The van der Waals surface area contributed by atoms with Gasteiger partial charge in [0, 0.05) is 18.4 Å². The molecule has 25 heavy (non-hydrogen) atoms. The summed E-state index contributed by atoms with van der Waals surface area (Å²) in [6.07, 6.45) is 0.973. The highest BCUT2D eigenvalue weighted by molar-refractivity contribution is 7.90. The standard InChI is InChI=1S/C16H14F3NO4S/c1-25(22,23)11-6-7-13(17)10(8-11)9-20-15(21)12-4-2-3-5-14(12)24-16(18)19/h2-8,16H,9H2,1H3,(H,20,21). The van der Waals surface area contributed by atoms with Crippen LogP contribution in [0.2, 0.25) is 0 Å². The van der Waals surface area contributed by atoms with Gasteiger partial charge in [0.05, 0.1) is 10.5 Å². The summed E-state index contributed by atoms with van der Waals surface area (Å²) in [5, 5.41) is 2.35. The molecule has 1 N–H and O–H groups in total. The number of carbonyl (C=O) groups is 1. The van der Waals surface area contributed by atoms with E-state index in [9.17, 15) is 26.4 Å². The van der Waals surface area contributed by atoms with Gasteiger partial charge in [0.1, 0.15) is 11.6 Å². The fourth-order valence-corrected chi connectivity index (χ4v) is 2.71. The number of amides is 1. The number of para-hydroxylation sites is 1. The largest absolute Gasteiger partial charge is 0.434 e. The van der Waals surface area contributed by atoms with Crippen molar-refractivity contribution in [1.82, 2.24) is 5.32 Å². The molecule has 0 aliphatic heterocycles. The van der Waals surface area contributed by atoms with E-state index in [1.165, 1.54) is 24.3 Å². The maximum absolute atomic E-state index is 13.8. The van der Waals surface area contributed by atoms with Crippen molar-refractivity contribution in [2.45, 2.75) is 18.1 Å². The van der Waals surface area contributed by atoms with E-state index in [4.69, 9.17) is 0 Å². The van der Waals surface area contributed by atoms with Crippen LogP contribution in [-0.4, -0.2) is 27.2 Å². The Bertz CT molecular complexity index is 885. The van der Waals surface area contributed by atoms with Crippen molar-refractivity contribution >= 4 is 15.7 Å². The number of ether oxygens (including phenoxy) is 1. The molecule has 2 aromatic carbocycles. The highest BCUT2D eigenvalue weighted by atomic mass is 32.2. The van der Waals surface area contributed by atoms with Gasteiger partial charge in [0.2, 0.25) is 0 Å². The van der Waals surface area contributed by atoms with Crippen LogP contribution in [0.5, 0.6) is 5.75 Å². The first kappa shape index (κ1) is 18.8. The van der Waals surface area contributed by atoms with Crippen LogP contribution in [-0.2, 0) is 16.4 Å². The molecule has 0 radical (unpaired) electrons. The van der Waals surface area contributed by atoms with E-state index in [0.717, 1.165) is 24.5 Å². The van der Waals surface area contributed by atoms with Gasteiger partial charge in [0.15, 0.2) is 9.84 Å². The summed E-state index contributed by atoms with van der Waals surface area (Å²) in [6, 6.07) is 8.55. The molecule has 0 aliphatic carbocycles. The smallest absolute Gasteiger partial charge is 0.387 e. The Hall–Kier alpha value is -2.55. The first-order valence-electron chi connectivity index (χ1n) is 6.99. The minimum atomic E-state index is -3.54. The molecule has 0 aromatic heterocycles. The van der Waals surface area contributed by atoms with Crippen LogP contribution in [0.1, 0.15) is 15.9 Å². The molecule has 0 aliphatic rings. The number of halogens is 3. The molecule has 0 saturated carbocycles. The minimum Gasteiger partial charge on any atom is -0.434 e. The molecule has 0 atom stereocenters. The summed E-state index contributed by atoms with van der Waals surface area (Å²) in [5.74, 6) is -1.79. The average Bonchev–Trinajstić information content (AvgIpc) is 2.52. The predicted octanol–water partition coefficient (Wildman–Crippen LogP) is 2.76. The second-order valence-electron chi connectivity index (χ2n) is 5.08. The van der Waals surface area contributed by atoms with E-state index in [1.54, 1.807) is 0 Å². The quantitative estimate of drug-likeness (QED) is 0.791. The Labute approximate surface area is 142 Å². The molecule has 0 bridgehead atoms. The number of benzene rings is 2. The molecule has 134 valence electrons.